The van der Waals surface area contributed by atoms with Crippen LogP contribution in [0.2, 0.25) is 0 Å². The van der Waals surface area contributed by atoms with Crippen LogP contribution in [0.5, 0.6) is 0 Å². The van der Waals surface area contributed by atoms with E-state index in [1.807, 2.05) is 42.5 Å². The van der Waals surface area contributed by atoms with E-state index in [4.69, 9.17) is 5.73 Å². The van der Waals surface area contributed by atoms with Crippen molar-refractivity contribution in [3.63, 3.8) is 0 Å². The summed E-state index contributed by atoms with van der Waals surface area (Å²) in [4.78, 5) is 0. The molecule has 0 bridgehead atoms. The fourth-order valence-electron chi connectivity index (χ4n) is 3.25. The number of aliphatic hydroxyl groups excluding tert-OH is 1. The van der Waals surface area contributed by atoms with Crippen LogP contribution in [0.25, 0.3) is 0 Å². The zero-order chi connectivity index (χ0) is 14.9. The molecule has 1 fully saturated rings. The standard InChI is InChI=1S/C18H20BrNO/c19-16-9-5-4-8-14(16)15(12-20)17(21)18(10-11-18)13-6-2-1-3-7-13/h1-9,15,17,21H,10-12,20H2. The van der Waals surface area contributed by atoms with Crippen LogP contribution in [0.3, 0.4) is 0 Å². The van der Waals surface area contributed by atoms with Gasteiger partial charge < -0.3 is 10.8 Å². The number of aliphatic hydroxyl groups is 1. The Morgan fingerprint density at radius 3 is 2.24 bits per heavy atom. The molecule has 1 saturated carbocycles. The molecule has 0 radical (unpaired) electrons. The summed E-state index contributed by atoms with van der Waals surface area (Å²) in [6.45, 7) is 0.443. The second kappa shape index (κ2) is 5.91. The number of benzene rings is 2. The highest BCUT2D eigenvalue weighted by molar-refractivity contribution is 9.10. The summed E-state index contributed by atoms with van der Waals surface area (Å²) < 4.78 is 1.02. The van der Waals surface area contributed by atoms with Gasteiger partial charge in [-0.05, 0) is 30.0 Å². The molecule has 1 aliphatic carbocycles. The van der Waals surface area contributed by atoms with E-state index >= 15 is 0 Å². The minimum Gasteiger partial charge on any atom is -0.392 e. The van der Waals surface area contributed by atoms with E-state index in [0.29, 0.717) is 6.54 Å². The molecule has 0 saturated heterocycles. The van der Waals surface area contributed by atoms with Gasteiger partial charge in [0, 0.05) is 22.4 Å². The van der Waals surface area contributed by atoms with E-state index in [9.17, 15) is 5.11 Å². The van der Waals surface area contributed by atoms with Gasteiger partial charge in [-0.3, -0.25) is 0 Å². The van der Waals surface area contributed by atoms with E-state index in [0.717, 1.165) is 22.9 Å². The molecule has 1 aliphatic rings. The van der Waals surface area contributed by atoms with Crippen LogP contribution in [-0.4, -0.2) is 17.8 Å². The summed E-state index contributed by atoms with van der Waals surface area (Å²) in [5, 5.41) is 11.0. The van der Waals surface area contributed by atoms with Crippen molar-refractivity contribution in [1.82, 2.24) is 0 Å². The van der Waals surface area contributed by atoms with Crippen molar-refractivity contribution in [2.75, 3.05) is 6.54 Å². The quantitative estimate of drug-likeness (QED) is 0.869. The van der Waals surface area contributed by atoms with Gasteiger partial charge in [0.25, 0.3) is 0 Å². The molecule has 2 unspecified atom stereocenters. The van der Waals surface area contributed by atoms with Gasteiger partial charge in [0.1, 0.15) is 0 Å². The van der Waals surface area contributed by atoms with Crippen LogP contribution in [0, 0.1) is 0 Å². The molecule has 2 aromatic rings. The Morgan fingerprint density at radius 2 is 1.67 bits per heavy atom. The highest BCUT2D eigenvalue weighted by Crippen LogP contribution is 2.54. The Balaban J connectivity index is 1.93. The normalized spacial score (nSPS) is 19.0. The maximum absolute atomic E-state index is 11.0. The second-order valence-electron chi connectivity index (χ2n) is 5.83. The Kier molecular flexibility index (Phi) is 4.16. The molecule has 0 aliphatic heterocycles. The van der Waals surface area contributed by atoms with Crippen molar-refractivity contribution in [1.29, 1.82) is 0 Å². The van der Waals surface area contributed by atoms with Gasteiger partial charge in [-0.25, -0.2) is 0 Å². The van der Waals surface area contributed by atoms with Gasteiger partial charge in [0.2, 0.25) is 0 Å². The van der Waals surface area contributed by atoms with Crippen molar-refractivity contribution >= 4 is 15.9 Å². The first-order valence-corrected chi connectivity index (χ1v) is 8.16. The third kappa shape index (κ3) is 2.66. The minimum atomic E-state index is -0.455. The molecule has 3 heteroatoms. The van der Waals surface area contributed by atoms with Crippen LogP contribution in [-0.2, 0) is 5.41 Å². The lowest BCUT2D eigenvalue weighted by Gasteiger charge is -2.30. The molecule has 3 rings (SSSR count). The topological polar surface area (TPSA) is 46.2 Å². The molecule has 2 atom stereocenters. The third-order valence-corrected chi connectivity index (χ3v) is 5.37. The summed E-state index contributed by atoms with van der Waals surface area (Å²) in [7, 11) is 0. The van der Waals surface area contributed by atoms with Crippen molar-refractivity contribution < 1.29 is 5.11 Å². The van der Waals surface area contributed by atoms with Gasteiger partial charge in [0.15, 0.2) is 0 Å². The lowest BCUT2D eigenvalue weighted by molar-refractivity contribution is 0.104. The first-order chi connectivity index (χ1) is 10.2. The molecule has 21 heavy (non-hydrogen) atoms. The maximum atomic E-state index is 11.0. The van der Waals surface area contributed by atoms with Gasteiger partial charge in [-0.15, -0.1) is 0 Å². The SMILES string of the molecule is NCC(c1ccccc1Br)C(O)C1(c2ccccc2)CC1. The molecule has 0 amide bonds. The average molecular weight is 346 g/mol. The van der Waals surface area contributed by atoms with Gasteiger partial charge in [-0.2, -0.15) is 0 Å². The van der Waals surface area contributed by atoms with Crippen molar-refractivity contribution in [3.05, 3.63) is 70.2 Å². The fraction of sp³-hybridized carbons (Fsp3) is 0.333. The van der Waals surface area contributed by atoms with Crippen molar-refractivity contribution in [3.8, 4) is 0 Å². The van der Waals surface area contributed by atoms with Gasteiger partial charge >= 0.3 is 0 Å². The lowest BCUT2D eigenvalue weighted by Crippen LogP contribution is -2.36. The smallest absolute Gasteiger partial charge is 0.0717 e. The van der Waals surface area contributed by atoms with E-state index < -0.39 is 6.10 Å². The number of halogens is 1. The van der Waals surface area contributed by atoms with E-state index in [2.05, 4.69) is 28.1 Å². The predicted octanol–water partition coefficient (Wildman–Crippen LogP) is 3.58. The second-order valence-corrected chi connectivity index (χ2v) is 6.69. The number of rotatable bonds is 5. The Bertz CT molecular complexity index is 610. The first-order valence-electron chi connectivity index (χ1n) is 7.37. The highest BCUT2D eigenvalue weighted by Gasteiger charge is 2.52. The van der Waals surface area contributed by atoms with Gasteiger partial charge in [-0.1, -0.05) is 64.5 Å². The number of hydrogen-bond acceptors (Lipinski definition) is 2. The predicted molar refractivity (Wildman–Crippen MR) is 89.3 cm³/mol. The average Bonchev–Trinajstić information content (AvgIpc) is 3.32. The zero-order valence-electron chi connectivity index (χ0n) is 11.9. The molecule has 2 aromatic carbocycles. The van der Waals surface area contributed by atoms with Crippen LogP contribution >= 0.6 is 15.9 Å². The number of nitrogens with two attached hydrogens (primary N) is 1. The number of hydrogen-bond donors (Lipinski definition) is 2. The van der Waals surface area contributed by atoms with E-state index in [1.54, 1.807) is 0 Å². The summed E-state index contributed by atoms with van der Waals surface area (Å²) >= 11 is 3.58. The molecule has 0 heterocycles. The van der Waals surface area contributed by atoms with Crippen LogP contribution in [0.15, 0.2) is 59.1 Å². The molecule has 110 valence electrons. The monoisotopic (exact) mass is 345 g/mol. The highest BCUT2D eigenvalue weighted by atomic mass is 79.9. The Hall–Kier alpha value is -1.16. The first kappa shape index (κ1) is 14.8. The minimum absolute atomic E-state index is 0.0525. The zero-order valence-corrected chi connectivity index (χ0v) is 13.5. The lowest BCUT2D eigenvalue weighted by atomic mass is 9.80. The fourth-order valence-corrected chi connectivity index (χ4v) is 3.83. The Labute approximate surface area is 134 Å². The van der Waals surface area contributed by atoms with Crippen LogP contribution in [0.1, 0.15) is 29.9 Å². The van der Waals surface area contributed by atoms with Crippen LogP contribution < -0.4 is 5.73 Å². The Morgan fingerprint density at radius 1 is 1.05 bits per heavy atom. The van der Waals surface area contributed by atoms with E-state index in [1.165, 1.54) is 5.56 Å². The molecule has 3 N–H and O–H groups in total. The van der Waals surface area contributed by atoms with Crippen molar-refractivity contribution in [2.45, 2.75) is 30.3 Å². The molecular weight excluding hydrogens is 326 g/mol. The molecular formula is C18H20BrNO. The largest absolute Gasteiger partial charge is 0.392 e. The summed E-state index contributed by atoms with van der Waals surface area (Å²) in [6, 6.07) is 18.4. The maximum Gasteiger partial charge on any atom is 0.0717 e. The summed E-state index contributed by atoms with van der Waals surface area (Å²) in [6.07, 6.45) is 1.60. The molecule has 0 aromatic heterocycles. The summed E-state index contributed by atoms with van der Waals surface area (Å²) in [5.41, 5.74) is 8.19. The third-order valence-electron chi connectivity index (χ3n) is 4.64. The van der Waals surface area contributed by atoms with Crippen LogP contribution in [0.4, 0.5) is 0 Å². The molecule has 2 nitrogen and oxygen atoms in total. The molecule has 0 spiro atoms. The van der Waals surface area contributed by atoms with Gasteiger partial charge in [0.05, 0.1) is 6.10 Å². The van der Waals surface area contributed by atoms with E-state index in [-0.39, 0.29) is 11.3 Å². The van der Waals surface area contributed by atoms with Crippen molar-refractivity contribution in [2.24, 2.45) is 5.73 Å². The summed E-state index contributed by atoms with van der Waals surface area (Å²) in [5.74, 6) is -0.0525.